The molecule has 8 heteroatoms. The normalized spacial score (nSPS) is 17.2. The lowest BCUT2D eigenvalue weighted by Gasteiger charge is -2.05. The topological polar surface area (TPSA) is 112 Å². The molecule has 2 rings (SSSR count). The molecule has 1 aliphatic rings. The Morgan fingerprint density at radius 3 is 2.95 bits per heavy atom. The number of nitrogens with zero attached hydrogens (tertiary/aromatic N) is 1. The van der Waals surface area contributed by atoms with E-state index in [1.54, 1.807) is 12.1 Å². The third-order valence-corrected chi connectivity index (χ3v) is 3.08. The number of hydrazine groups is 1. The van der Waals surface area contributed by atoms with E-state index in [2.05, 4.69) is 28.0 Å². The molecule has 1 atom stereocenters. The molecule has 1 aromatic rings. The molecule has 0 bridgehead atoms. The Morgan fingerprint density at radius 2 is 2.32 bits per heavy atom. The summed E-state index contributed by atoms with van der Waals surface area (Å²) in [7, 11) is 1.44. The summed E-state index contributed by atoms with van der Waals surface area (Å²) < 4.78 is 4.97. The quantitative estimate of drug-likeness (QED) is 0.452. The van der Waals surface area contributed by atoms with Crippen molar-refractivity contribution in [2.75, 3.05) is 7.11 Å². The second-order valence-electron chi connectivity index (χ2n) is 4.62. The Morgan fingerprint density at radius 1 is 1.55 bits per heavy atom. The predicted molar refractivity (Wildman–Crippen MR) is 78.9 cm³/mol. The van der Waals surface area contributed by atoms with Crippen molar-refractivity contribution in [3.63, 3.8) is 0 Å². The first-order valence-corrected chi connectivity index (χ1v) is 6.45. The van der Waals surface area contributed by atoms with Crippen LogP contribution in [-0.4, -0.2) is 30.2 Å². The van der Waals surface area contributed by atoms with E-state index >= 15 is 0 Å². The van der Waals surface area contributed by atoms with E-state index in [1.807, 2.05) is 0 Å². The first kappa shape index (κ1) is 15.4. The Kier molecular flexibility index (Phi) is 4.62. The van der Waals surface area contributed by atoms with Gasteiger partial charge in [0.2, 0.25) is 11.8 Å². The molecule has 0 aromatic heterocycles. The molecule has 0 saturated carbocycles. The molecule has 116 valence electrons. The summed E-state index contributed by atoms with van der Waals surface area (Å²) in [5.41, 5.74) is 8.37. The van der Waals surface area contributed by atoms with E-state index in [0.717, 1.165) is 0 Å². The van der Waals surface area contributed by atoms with Gasteiger partial charge in [0.15, 0.2) is 11.5 Å². The van der Waals surface area contributed by atoms with Crippen LogP contribution in [-0.2, 0) is 9.59 Å². The molecule has 4 N–H and O–H groups in total. The van der Waals surface area contributed by atoms with E-state index in [4.69, 9.17) is 4.74 Å². The fraction of sp³-hybridized carbons (Fsp3) is 0.214. The van der Waals surface area contributed by atoms with Gasteiger partial charge < -0.3 is 15.3 Å². The minimum absolute atomic E-state index is 0.0157. The first-order chi connectivity index (χ1) is 10.5. The average molecular weight is 304 g/mol. The number of phenolic OH excluding ortho intramolecular Hbond substituents is 1. The number of hydrogen-bond acceptors (Lipinski definition) is 6. The van der Waals surface area contributed by atoms with Crippen LogP contribution in [0.3, 0.4) is 0 Å². The van der Waals surface area contributed by atoms with E-state index in [-0.39, 0.29) is 18.1 Å². The van der Waals surface area contributed by atoms with Gasteiger partial charge in [0.25, 0.3) is 0 Å². The lowest BCUT2D eigenvalue weighted by Crippen LogP contribution is -2.27. The summed E-state index contributed by atoms with van der Waals surface area (Å²) in [5.74, 6) is -0.995. The van der Waals surface area contributed by atoms with Crippen molar-refractivity contribution < 1.29 is 19.4 Å². The Hall–Kier alpha value is -3.03. The van der Waals surface area contributed by atoms with E-state index in [1.165, 1.54) is 19.4 Å². The maximum atomic E-state index is 11.7. The highest BCUT2D eigenvalue weighted by Gasteiger charge is 2.29. The first-order valence-electron chi connectivity index (χ1n) is 6.45. The van der Waals surface area contributed by atoms with Crippen LogP contribution in [0.2, 0.25) is 0 Å². The van der Waals surface area contributed by atoms with Crippen LogP contribution >= 0.6 is 0 Å². The van der Waals surface area contributed by atoms with E-state index < -0.39 is 11.8 Å². The van der Waals surface area contributed by atoms with Gasteiger partial charge in [-0.25, -0.2) is 5.43 Å². The SMILES string of the molecule is C=C1NNC(=O)C1CC(=O)N/N=C/c1ccc(O)c(OC)c1. The lowest BCUT2D eigenvalue weighted by atomic mass is 10.0. The molecule has 1 unspecified atom stereocenters. The zero-order chi connectivity index (χ0) is 16.1. The molecule has 1 aliphatic heterocycles. The maximum Gasteiger partial charge on any atom is 0.247 e. The van der Waals surface area contributed by atoms with Crippen LogP contribution in [0, 0.1) is 5.92 Å². The second-order valence-corrected chi connectivity index (χ2v) is 4.62. The van der Waals surface area contributed by atoms with Gasteiger partial charge in [-0.2, -0.15) is 5.10 Å². The van der Waals surface area contributed by atoms with Crippen LogP contribution in [0.25, 0.3) is 0 Å². The minimum atomic E-state index is -0.607. The highest BCUT2D eigenvalue weighted by molar-refractivity contribution is 5.90. The van der Waals surface area contributed by atoms with Crippen molar-refractivity contribution in [2.24, 2.45) is 11.0 Å². The van der Waals surface area contributed by atoms with Crippen molar-refractivity contribution in [2.45, 2.75) is 6.42 Å². The van der Waals surface area contributed by atoms with Crippen LogP contribution in [0.4, 0.5) is 0 Å². The number of methoxy groups -OCH3 is 1. The van der Waals surface area contributed by atoms with Gasteiger partial charge in [-0.1, -0.05) is 6.58 Å². The minimum Gasteiger partial charge on any atom is -0.504 e. The van der Waals surface area contributed by atoms with Gasteiger partial charge in [-0.15, -0.1) is 0 Å². The fourth-order valence-electron chi connectivity index (χ4n) is 1.87. The zero-order valence-corrected chi connectivity index (χ0v) is 11.9. The Balaban J connectivity index is 1.90. The number of phenols is 1. The molecule has 8 nitrogen and oxygen atoms in total. The summed E-state index contributed by atoms with van der Waals surface area (Å²) in [4.78, 5) is 23.1. The summed E-state index contributed by atoms with van der Waals surface area (Å²) >= 11 is 0. The maximum absolute atomic E-state index is 11.7. The molecule has 1 fully saturated rings. The smallest absolute Gasteiger partial charge is 0.247 e. The van der Waals surface area contributed by atoms with Gasteiger partial charge in [-0.3, -0.25) is 15.0 Å². The third-order valence-electron chi connectivity index (χ3n) is 3.08. The van der Waals surface area contributed by atoms with Crippen LogP contribution in [0.15, 0.2) is 35.6 Å². The van der Waals surface area contributed by atoms with Crippen LogP contribution in [0.5, 0.6) is 11.5 Å². The van der Waals surface area contributed by atoms with Crippen LogP contribution in [0.1, 0.15) is 12.0 Å². The molecule has 1 saturated heterocycles. The average Bonchev–Trinajstić information content (AvgIpc) is 2.81. The van der Waals surface area contributed by atoms with E-state index in [0.29, 0.717) is 17.0 Å². The number of ether oxygens (including phenoxy) is 1. The molecule has 1 heterocycles. The highest BCUT2D eigenvalue weighted by Crippen LogP contribution is 2.25. The number of nitrogens with one attached hydrogen (secondary N) is 3. The number of aromatic hydroxyl groups is 1. The lowest BCUT2D eigenvalue weighted by molar-refractivity contribution is -0.127. The number of amides is 2. The predicted octanol–water partition coefficient (Wildman–Crippen LogP) is 0.00530. The monoisotopic (exact) mass is 304 g/mol. The zero-order valence-electron chi connectivity index (χ0n) is 11.9. The number of hydrogen-bond donors (Lipinski definition) is 4. The summed E-state index contributed by atoms with van der Waals surface area (Å²) in [6, 6.07) is 4.64. The Bertz CT molecular complexity index is 626. The van der Waals surface area contributed by atoms with Crippen LogP contribution < -0.4 is 21.0 Å². The van der Waals surface area contributed by atoms with Gasteiger partial charge in [0, 0.05) is 12.1 Å². The van der Waals surface area contributed by atoms with Gasteiger partial charge >= 0.3 is 0 Å². The molecule has 22 heavy (non-hydrogen) atoms. The second kappa shape index (κ2) is 6.61. The molecule has 0 aliphatic carbocycles. The van der Waals surface area contributed by atoms with Crippen molar-refractivity contribution in [1.82, 2.24) is 16.3 Å². The molecule has 0 spiro atoms. The van der Waals surface area contributed by atoms with Gasteiger partial charge in [-0.05, 0) is 23.8 Å². The summed E-state index contributed by atoms with van der Waals surface area (Å²) in [6.45, 7) is 3.64. The number of rotatable bonds is 5. The largest absolute Gasteiger partial charge is 0.504 e. The molecule has 2 amide bonds. The number of hydrazone groups is 1. The van der Waals surface area contributed by atoms with Crippen molar-refractivity contribution in [1.29, 1.82) is 0 Å². The standard InChI is InChI=1S/C14H16N4O4/c1-8-10(14(21)18-16-8)6-13(20)17-15-7-9-3-4-11(19)12(5-9)22-2/h3-5,7,10,16,19H,1,6H2,2H3,(H,17,20)(H,18,21)/b15-7+. The highest BCUT2D eigenvalue weighted by atomic mass is 16.5. The van der Waals surface area contributed by atoms with E-state index in [9.17, 15) is 14.7 Å². The Labute approximate surface area is 126 Å². The van der Waals surface area contributed by atoms with Gasteiger partial charge in [0.05, 0.1) is 19.2 Å². The fourth-order valence-corrected chi connectivity index (χ4v) is 1.87. The summed E-state index contributed by atoms with van der Waals surface area (Å²) in [5, 5.41) is 13.3. The van der Waals surface area contributed by atoms with Crippen molar-refractivity contribution in [3.05, 3.63) is 36.0 Å². The molecule has 1 aromatic carbocycles. The van der Waals surface area contributed by atoms with Crippen molar-refractivity contribution >= 4 is 18.0 Å². The van der Waals surface area contributed by atoms with Gasteiger partial charge in [0.1, 0.15) is 0 Å². The molecule has 0 radical (unpaired) electrons. The molecular weight excluding hydrogens is 288 g/mol. The molecular formula is C14H16N4O4. The number of benzene rings is 1. The number of carbonyl (C=O) groups excluding carboxylic acids is 2. The summed E-state index contributed by atoms with van der Waals surface area (Å²) in [6.07, 6.45) is 1.36. The number of carbonyl (C=O) groups is 2. The third kappa shape index (κ3) is 3.54. The van der Waals surface area contributed by atoms with Crippen molar-refractivity contribution in [3.8, 4) is 11.5 Å².